The summed E-state index contributed by atoms with van der Waals surface area (Å²) in [6.07, 6.45) is -4.61. The molecule has 4 aromatic rings. The number of fused-ring (bicyclic) bond motifs is 1. The van der Waals surface area contributed by atoms with Crippen molar-refractivity contribution in [3.05, 3.63) is 118 Å². The number of carboxylic acid groups (broad SMARTS) is 1. The number of benzene rings is 4. The number of halogens is 4. The molecule has 0 radical (unpaired) electrons. The molecule has 0 bridgehead atoms. The van der Waals surface area contributed by atoms with Crippen LogP contribution in [-0.2, 0) is 45.2 Å². The van der Waals surface area contributed by atoms with Crippen LogP contribution in [-0.4, -0.2) is 31.4 Å². The van der Waals surface area contributed by atoms with Crippen molar-refractivity contribution in [1.29, 1.82) is 0 Å². The average molecular weight is 629 g/mol. The molecule has 0 spiro atoms. The van der Waals surface area contributed by atoms with Crippen LogP contribution in [0.15, 0.2) is 95.9 Å². The summed E-state index contributed by atoms with van der Waals surface area (Å²) < 4.78 is 68.5. The fourth-order valence-corrected chi connectivity index (χ4v) is 6.90. The fraction of sp³-hybridized carbons (Fsp3) is 0.161. The molecule has 1 amide bonds. The van der Waals surface area contributed by atoms with E-state index in [2.05, 4.69) is 5.32 Å². The van der Waals surface area contributed by atoms with E-state index in [9.17, 15) is 31.2 Å². The zero-order valence-corrected chi connectivity index (χ0v) is 23.9. The summed E-state index contributed by atoms with van der Waals surface area (Å²) in [6, 6.07) is 20.5. The van der Waals surface area contributed by atoms with E-state index in [1.807, 2.05) is 0 Å². The van der Waals surface area contributed by atoms with Crippen LogP contribution in [0.4, 0.5) is 18.9 Å². The maximum absolute atomic E-state index is 13.9. The van der Waals surface area contributed by atoms with Crippen molar-refractivity contribution in [3.8, 4) is 11.1 Å². The van der Waals surface area contributed by atoms with E-state index >= 15 is 0 Å². The van der Waals surface area contributed by atoms with Crippen LogP contribution in [0.25, 0.3) is 11.1 Å². The van der Waals surface area contributed by atoms with Crippen molar-refractivity contribution in [2.24, 2.45) is 0 Å². The lowest BCUT2D eigenvalue weighted by atomic mass is 10.0. The number of carbonyl (C=O) groups is 2. The van der Waals surface area contributed by atoms with E-state index in [0.717, 1.165) is 16.4 Å². The van der Waals surface area contributed by atoms with Crippen molar-refractivity contribution in [3.63, 3.8) is 0 Å². The number of hydrogen-bond donors (Lipinski definition) is 2. The monoisotopic (exact) mass is 628 g/mol. The molecular formula is C31H24ClF3N2O5S. The van der Waals surface area contributed by atoms with Gasteiger partial charge in [-0.05, 0) is 64.2 Å². The van der Waals surface area contributed by atoms with Crippen molar-refractivity contribution in [2.75, 3.05) is 4.31 Å². The van der Waals surface area contributed by atoms with Crippen LogP contribution in [0.3, 0.4) is 0 Å². The van der Waals surface area contributed by atoms with Crippen LogP contribution in [0.5, 0.6) is 0 Å². The molecule has 0 unspecified atom stereocenters. The van der Waals surface area contributed by atoms with E-state index in [1.165, 1.54) is 42.5 Å². The summed E-state index contributed by atoms with van der Waals surface area (Å²) in [7, 11) is -4.27. The van der Waals surface area contributed by atoms with Crippen LogP contribution in [0, 0.1) is 0 Å². The summed E-state index contributed by atoms with van der Waals surface area (Å²) in [6.45, 7) is -0.0164. The molecule has 1 aliphatic rings. The van der Waals surface area contributed by atoms with Gasteiger partial charge in [-0.25, -0.2) is 8.42 Å². The Morgan fingerprint density at radius 2 is 1.65 bits per heavy atom. The summed E-state index contributed by atoms with van der Waals surface area (Å²) in [5, 5.41) is 12.0. The van der Waals surface area contributed by atoms with Gasteiger partial charge in [0, 0.05) is 18.0 Å². The maximum Gasteiger partial charge on any atom is 0.416 e. The second-order valence-corrected chi connectivity index (χ2v) is 12.2. The number of para-hydroxylation sites is 1. The third kappa shape index (κ3) is 6.37. The molecule has 1 atom stereocenters. The van der Waals surface area contributed by atoms with Crippen molar-refractivity contribution in [1.82, 2.24) is 5.32 Å². The van der Waals surface area contributed by atoms with Crippen molar-refractivity contribution < 1.29 is 36.3 Å². The van der Waals surface area contributed by atoms with Gasteiger partial charge in [0.1, 0.15) is 6.04 Å². The highest BCUT2D eigenvalue weighted by Crippen LogP contribution is 2.38. The van der Waals surface area contributed by atoms with E-state index in [1.54, 1.807) is 36.4 Å². The lowest BCUT2D eigenvalue weighted by molar-refractivity contribution is -0.138. The molecule has 1 aliphatic heterocycles. The topological polar surface area (TPSA) is 104 Å². The van der Waals surface area contributed by atoms with E-state index in [4.69, 9.17) is 16.7 Å². The minimum Gasteiger partial charge on any atom is -0.481 e. The number of anilines is 1. The summed E-state index contributed by atoms with van der Waals surface area (Å²) in [5.74, 6) is -1.57. The highest BCUT2D eigenvalue weighted by molar-refractivity contribution is 7.93. The molecule has 0 saturated carbocycles. The zero-order valence-electron chi connectivity index (χ0n) is 22.3. The fourth-order valence-electron chi connectivity index (χ4n) is 4.98. The first kappa shape index (κ1) is 30.1. The van der Waals surface area contributed by atoms with E-state index < -0.39 is 39.7 Å². The maximum atomic E-state index is 13.9. The molecular weight excluding hydrogens is 605 g/mol. The molecule has 43 heavy (non-hydrogen) atoms. The van der Waals surface area contributed by atoms with Crippen LogP contribution < -0.4 is 9.62 Å². The van der Waals surface area contributed by atoms with Gasteiger partial charge in [-0.2, -0.15) is 13.2 Å². The minimum atomic E-state index is -4.52. The highest BCUT2D eigenvalue weighted by atomic mass is 35.5. The van der Waals surface area contributed by atoms with Gasteiger partial charge >= 0.3 is 12.1 Å². The smallest absolute Gasteiger partial charge is 0.416 e. The van der Waals surface area contributed by atoms with E-state index in [-0.39, 0.29) is 34.9 Å². The SMILES string of the molecule is O=C(O)Cc1ccc(CNC(=O)[C@@H]2Cc3ccccc3N2S(=O)(=O)c2ccc(-c3cccc(C(F)(F)F)c3)cc2)c(Cl)c1. The Hall–Kier alpha value is -4.35. The van der Waals surface area contributed by atoms with Gasteiger partial charge in [0.25, 0.3) is 10.0 Å². The first-order valence-electron chi connectivity index (χ1n) is 13.0. The number of carbonyl (C=O) groups excluding carboxylic acids is 1. The minimum absolute atomic E-state index is 0.0164. The number of carboxylic acids is 1. The van der Waals surface area contributed by atoms with Crippen LogP contribution in [0.2, 0.25) is 5.02 Å². The van der Waals surface area contributed by atoms with Gasteiger partial charge in [-0.1, -0.05) is 66.2 Å². The number of aliphatic carboxylic acids is 1. The second-order valence-electron chi connectivity index (χ2n) is 9.97. The largest absolute Gasteiger partial charge is 0.481 e. The number of sulfonamides is 1. The molecule has 7 nitrogen and oxygen atoms in total. The molecule has 222 valence electrons. The number of alkyl halides is 3. The molecule has 1 heterocycles. The highest BCUT2D eigenvalue weighted by Gasteiger charge is 2.42. The predicted molar refractivity (Wildman–Crippen MR) is 155 cm³/mol. The second kappa shape index (κ2) is 11.7. The molecule has 2 N–H and O–H groups in total. The van der Waals surface area contributed by atoms with Gasteiger partial charge < -0.3 is 10.4 Å². The van der Waals surface area contributed by atoms with Gasteiger partial charge in [0.2, 0.25) is 5.91 Å². The molecule has 0 saturated heterocycles. The number of nitrogens with zero attached hydrogens (tertiary/aromatic N) is 1. The molecule has 12 heteroatoms. The first-order chi connectivity index (χ1) is 20.3. The number of hydrogen-bond acceptors (Lipinski definition) is 4. The molecule has 0 aliphatic carbocycles. The molecule has 0 fully saturated rings. The van der Waals surface area contributed by atoms with E-state index in [0.29, 0.717) is 27.9 Å². The Morgan fingerprint density at radius 3 is 2.33 bits per heavy atom. The van der Waals surface area contributed by atoms with Crippen LogP contribution in [0.1, 0.15) is 22.3 Å². The van der Waals surface area contributed by atoms with Crippen LogP contribution >= 0.6 is 11.6 Å². The molecule has 5 rings (SSSR count). The van der Waals surface area contributed by atoms with Gasteiger partial charge in [-0.3, -0.25) is 13.9 Å². The Bertz CT molecular complexity index is 1810. The average Bonchev–Trinajstić information content (AvgIpc) is 3.37. The Balaban J connectivity index is 1.39. The summed E-state index contributed by atoms with van der Waals surface area (Å²) in [5.41, 5.74) is 1.88. The quantitative estimate of drug-likeness (QED) is 0.246. The lowest BCUT2D eigenvalue weighted by Gasteiger charge is -2.26. The number of rotatable bonds is 8. The van der Waals surface area contributed by atoms with Gasteiger partial charge in [-0.15, -0.1) is 0 Å². The number of amides is 1. The molecule has 0 aromatic heterocycles. The Kier molecular flexibility index (Phi) is 8.22. The lowest BCUT2D eigenvalue weighted by Crippen LogP contribution is -2.47. The first-order valence-corrected chi connectivity index (χ1v) is 14.8. The summed E-state index contributed by atoms with van der Waals surface area (Å²) in [4.78, 5) is 24.3. The predicted octanol–water partition coefficient (Wildman–Crippen LogP) is 6.09. The molecule has 4 aromatic carbocycles. The van der Waals surface area contributed by atoms with Gasteiger partial charge in [0.05, 0.1) is 22.6 Å². The zero-order chi connectivity index (χ0) is 30.9. The summed E-state index contributed by atoms with van der Waals surface area (Å²) >= 11 is 6.29. The van der Waals surface area contributed by atoms with Gasteiger partial charge in [0.15, 0.2) is 0 Å². The number of nitrogens with one attached hydrogen (secondary N) is 1. The van der Waals surface area contributed by atoms with Crippen molar-refractivity contribution in [2.45, 2.75) is 36.5 Å². The Labute approximate surface area is 250 Å². The standard InChI is InChI=1S/C31H24ClF3N2O5S/c32-26-14-19(15-29(38)39)8-9-23(26)18-36-30(40)28-17-22-4-1-2-7-27(22)37(28)43(41,42)25-12-10-20(11-13-25)21-5-3-6-24(16-21)31(33,34)35/h1-14,16,28H,15,17-18H2,(H,36,40)(H,38,39)/t28-/m0/s1. The Morgan fingerprint density at radius 1 is 0.930 bits per heavy atom. The third-order valence-corrected chi connectivity index (χ3v) is 9.28. The van der Waals surface area contributed by atoms with Crippen molar-refractivity contribution >= 4 is 39.2 Å². The third-order valence-electron chi connectivity index (χ3n) is 7.09. The normalized spacial score (nSPS) is 14.8.